The van der Waals surface area contributed by atoms with E-state index in [1.165, 1.54) is 10.6 Å². The fourth-order valence-electron chi connectivity index (χ4n) is 1.80. The second kappa shape index (κ2) is 4.03. The topological polar surface area (TPSA) is 85.3 Å². The summed E-state index contributed by atoms with van der Waals surface area (Å²) in [6, 6.07) is 7.50. The quantitative estimate of drug-likeness (QED) is 0.795. The number of fused-ring (bicyclic) bond motifs is 1. The van der Waals surface area contributed by atoms with E-state index in [2.05, 4.69) is 0 Å². The van der Waals surface area contributed by atoms with Gasteiger partial charge in [-0.3, -0.25) is 9.59 Å². The molecule has 0 aliphatic heterocycles. The van der Waals surface area contributed by atoms with Crippen LogP contribution in [0, 0.1) is 0 Å². The number of para-hydroxylation sites is 1. The number of carboxylic acid groups (broad SMARTS) is 1. The van der Waals surface area contributed by atoms with Crippen molar-refractivity contribution in [3.8, 4) is 0 Å². The van der Waals surface area contributed by atoms with E-state index in [4.69, 9.17) is 10.8 Å². The molecule has 0 saturated carbocycles. The largest absolute Gasteiger partial charge is 0.480 e. The minimum atomic E-state index is -1.29. The zero-order valence-corrected chi connectivity index (χ0v) is 9.25. The third-order valence-electron chi connectivity index (χ3n) is 2.76. The second-order valence-electron chi connectivity index (χ2n) is 3.84. The number of pyridine rings is 1. The number of nitrogens with two attached hydrogens (primary N) is 1. The van der Waals surface area contributed by atoms with Crippen molar-refractivity contribution in [3.05, 3.63) is 46.2 Å². The molecule has 2 aromatic rings. The number of aromatic nitrogens is 1. The monoisotopic (exact) mass is 232 g/mol. The molecule has 88 valence electrons. The molecule has 0 bridgehead atoms. The van der Waals surface area contributed by atoms with Crippen molar-refractivity contribution in [2.24, 2.45) is 12.8 Å². The van der Waals surface area contributed by atoms with Crippen LogP contribution in [0.2, 0.25) is 0 Å². The maximum Gasteiger partial charge on any atom is 0.325 e. The summed E-state index contributed by atoms with van der Waals surface area (Å²) in [6.07, 6.45) is 0. The Morgan fingerprint density at radius 2 is 2.06 bits per heavy atom. The number of carbonyl (C=O) groups is 1. The molecule has 0 amide bonds. The number of nitrogens with zero attached hydrogens (tertiary/aromatic N) is 1. The first kappa shape index (κ1) is 11.3. The van der Waals surface area contributed by atoms with Gasteiger partial charge in [0.05, 0.1) is 5.52 Å². The van der Waals surface area contributed by atoms with E-state index < -0.39 is 12.0 Å². The SMILES string of the molecule is Cn1c(=O)c([C@H](N)C(=O)O)cc2ccccc21. The Hall–Kier alpha value is -2.14. The van der Waals surface area contributed by atoms with E-state index in [9.17, 15) is 9.59 Å². The third kappa shape index (κ3) is 1.81. The number of hydrogen-bond donors (Lipinski definition) is 2. The van der Waals surface area contributed by atoms with Gasteiger partial charge in [-0.1, -0.05) is 18.2 Å². The molecular weight excluding hydrogens is 220 g/mol. The molecular formula is C12H12N2O3. The van der Waals surface area contributed by atoms with E-state index in [-0.39, 0.29) is 11.1 Å². The van der Waals surface area contributed by atoms with E-state index >= 15 is 0 Å². The number of hydrogen-bond acceptors (Lipinski definition) is 3. The molecule has 1 heterocycles. The molecule has 3 N–H and O–H groups in total. The molecule has 2 rings (SSSR count). The lowest BCUT2D eigenvalue weighted by Crippen LogP contribution is -2.31. The summed E-state index contributed by atoms with van der Waals surface area (Å²) in [6.45, 7) is 0. The molecule has 1 atom stereocenters. The first-order valence-electron chi connectivity index (χ1n) is 5.09. The summed E-state index contributed by atoms with van der Waals surface area (Å²) in [4.78, 5) is 22.8. The van der Waals surface area contributed by atoms with Crippen LogP contribution in [0.25, 0.3) is 10.9 Å². The maximum atomic E-state index is 11.9. The van der Waals surface area contributed by atoms with Gasteiger partial charge in [-0.05, 0) is 17.5 Å². The fraction of sp³-hybridized carbons (Fsp3) is 0.167. The van der Waals surface area contributed by atoms with Gasteiger partial charge in [-0.25, -0.2) is 0 Å². The Kier molecular flexibility index (Phi) is 2.69. The van der Waals surface area contributed by atoms with E-state index in [1.54, 1.807) is 13.1 Å². The second-order valence-corrected chi connectivity index (χ2v) is 3.84. The highest BCUT2D eigenvalue weighted by Crippen LogP contribution is 2.15. The molecule has 0 saturated heterocycles. The highest BCUT2D eigenvalue weighted by Gasteiger charge is 2.19. The smallest absolute Gasteiger partial charge is 0.325 e. The number of aryl methyl sites for hydroxylation is 1. The van der Waals surface area contributed by atoms with Crippen LogP contribution >= 0.6 is 0 Å². The molecule has 5 heteroatoms. The summed E-state index contributed by atoms with van der Waals surface area (Å²) in [5.74, 6) is -1.21. The average Bonchev–Trinajstić information content (AvgIpc) is 2.33. The Bertz CT molecular complexity index is 646. The van der Waals surface area contributed by atoms with Crippen LogP contribution in [-0.2, 0) is 11.8 Å². The molecule has 17 heavy (non-hydrogen) atoms. The summed E-state index contributed by atoms with van der Waals surface area (Å²) < 4.78 is 1.41. The normalized spacial score (nSPS) is 12.6. The molecule has 1 aromatic heterocycles. The highest BCUT2D eigenvalue weighted by atomic mass is 16.4. The predicted octanol–water partition coefficient (Wildman–Crippen LogP) is 0.623. The molecule has 0 unspecified atom stereocenters. The molecule has 0 fully saturated rings. The van der Waals surface area contributed by atoms with Gasteiger partial charge in [0, 0.05) is 12.6 Å². The fourth-order valence-corrected chi connectivity index (χ4v) is 1.80. The van der Waals surface area contributed by atoms with Crippen molar-refractivity contribution in [3.63, 3.8) is 0 Å². The van der Waals surface area contributed by atoms with Crippen LogP contribution in [0.4, 0.5) is 0 Å². The molecule has 0 aliphatic rings. The minimum absolute atomic E-state index is 0.0960. The van der Waals surface area contributed by atoms with Gasteiger partial charge in [-0.2, -0.15) is 0 Å². The Morgan fingerprint density at radius 3 is 2.71 bits per heavy atom. The molecule has 0 spiro atoms. The lowest BCUT2D eigenvalue weighted by Gasteiger charge is -2.11. The Balaban J connectivity index is 2.79. The van der Waals surface area contributed by atoms with Crippen LogP contribution in [0.5, 0.6) is 0 Å². The van der Waals surface area contributed by atoms with Crippen LogP contribution in [0.1, 0.15) is 11.6 Å². The summed E-state index contributed by atoms with van der Waals surface area (Å²) in [5.41, 5.74) is 5.95. The molecule has 1 aromatic carbocycles. The number of carboxylic acids is 1. The lowest BCUT2D eigenvalue weighted by molar-refractivity contribution is -0.138. The van der Waals surface area contributed by atoms with Gasteiger partial charge in [0.25, 0.3) is 5.56 Å². The van der Waals surface area contributed by atoms with Gasteiger partial charge in [0.15, 0.2) is 0 Å². The van der Waals surface area contributed by atoms with E-state index in [0.29, 0.717) is 0 Å². The van der Waals surface area contributed by atoms with Crippen molar-refractivity contribution in [1.29, 1.82) is 0 Å². The van der Waals surface area contributed by atoms with E-state index in [0.717, 1.165) is 10.9 Å². The maximum absolute atomic E-state index is 11.9. The average molecular weight is 232 g/mol. The highest BCUT2D eigenvalue weighted by molar-refractivity contribution is 5.82. The summed E-state index contributed by atoms with van der Waals surface area (Å²) >= 11 is 0. The molecule has 5 nitrogen and oxygen atoms in total. The van der Waals surface area contributed by atoms with Gasteiger partial charge in [0.2, 0.25) is 0 Å². The first-order valence-corrected chi connectivity index (χ1v) is 5.09. The molecule has 0 radical (unpaired) electrons. The van der Waals surface area contributed by atoms with Crippen molar-refractivity contribution in [2.45, 2.75) is 6.04 Å². The third-order valence-corrected chi connectivity index (χ3v) is 2.76. The minimum Gasteiger partial charge on any atom is -0.480 e. The first-order chi connectivity index (χ1) is 8.02. The zero-order valence-electron chi connectivity index (χ0n) is 9.25. The number of benzene rings is 1. The predicted molar refractivity (Wildman–Crippen MR) is 63.8 cm³/mol. The van der Waals surface area contributed by atoms with Crippen molar-refractivity contribution in [2.75, 3.05) is 0 Å². The van der Waals surface area contributed by atoms with Crippen LogP contribution in [0.15, 0.2) is 35.1 Å². The van der Waals surface area contributed by atoms with Crippen molar-refractivity contribution in [1.82, 2.24) is 4.57 Å². The van der Waals surface area contributed by atoms with Crippen molar-refractivity contribution >= 4 is 16.9 Å². The Morgan fingerprint density at radius 1 is 1.41 bits per heavy atom. The van der Waals surface area contributed by atoms with Gasteiger partial charge in [0.1, 0.15) is 6.04 Å². The van der Waals surface area contributed by atoms with Crippen LogP contribution in [0.3, 0.4) is 0 Å². The van der Waals surface area contributed by atoms with Crippen molar-refractivity contribution < 1.29 is 9.90 Å². The van der Waals surface area contributed by atoms with Gasteiger partial charge < -0.3 is 15.4 Å². The van der Waals surface area contributed by atoms with Crippen LogP contribution < -0.4 is 11.3 Å². The molecule has 0 aliphatic carbocycles. The number of aliphatic carboxylic acids is 1. The number of rotatable bonds is 2. The zero-order chi connectivity index (χ0) is 12.6. The van der Waals surface area contributed by atoms with Gasteiger partial charge in [-0.15, -0.1) is 0 Å². The Labute approximate surface area is 97.1 Å². The van der Waals surface area contributed by atoms with Gasteiger partial charge >= 0.3 is 5.97 Å². The summed E-state index contributed by atoms with van der Waals surface area (Å²) in [5, 5.41) is 9.64. The van der Waals surface area contributed by atoms with E-state index in [1.807, 2.05) is 18.2 Å². The van der Waals surface area contributed by atoms with Crippen LogP contribution in [-0.4, -0.2) is 15.6 Å². The lowest BCUT2D eigenvalue weighted by atomic mass is 10.1. The standard InChI is InChI=1S/C12H12N2O3/c1-14-9-5-3-2-4-7(9)6-8(11(14)15)10(13)12(16)17/h2-6,10H,13H2,1H3,(H,16,17)/t10-/m0/s1. The summed E-state index contributed by atoms with van der Waals surface area (Å²) in [7, 11) is 1.60.